The van der Waals surface area contributed by atoms with Gasteiger partial charge in [0.15, 0.2) is 0 Å². The van der Waals surface area contributed by atoms with Gasteiger partial charge in [-0.1, -0.05) is 17.7 Å². The molecule has 0 bridgehead atoms. The summed E-state index contributed by atoms with van der Waals surface area (Å²) in [4.78, 5) is 16.4. The molecule has 0 saturated heterocycles. The molecular weight excluding hydrogens is 273 g/mol. The van der Waals surface area contributed by atoms with E-state index in [2.05, 4.69) is 4.98 Å². The molecule has 0 aliphatic carbocycles. The van der Waals surface area contributed by atoms with Crippen LogP contribution < -0.4 is 11.3 Å². The minimum absolute atomic E-state index is 0. The summed E-state index contributed by atoms with van der Waals surface area (Å²) in [5.74, 6) is 0. The second-order valence-electron chi connectivity index (χ2n) is 3.87. The normalized spacial score (nSPS) is 10.3. The molecule has 98 valence electrons. The van der Waals surface area contributed by atoms with Crippen molar-refractivity contribution in [1.29, 1.82) is 0 Å². The maximum absolute atomic E-state index is 12.2. The zero-order valence-corrected chi connectivity index (χ0v) is 11.4. The highest BCUT2D eigenvalue weighted by atomic mass is 35.5. The Morgan fingerprint density at radius 1 is 1.33 bits per heavy atom. The zero-order valence-electron chi connectivity index (χ0n) is 9.80. The van der Waals surface area contributed by atoms with Crippen molar-refractivity contribution in [3.05, 3.63) is 39.9 Å². The van der Waals surface area contributed by atoms with E-state index in [0.29, 0.717) is 29.0 Å². The predicted octanol–water partition coefficient (Wildman–Crippen LogP) is 2.21. The summed E-state index contributed by atoms with van der Waals surface area (Å²) in [6, 6.07) is 5.28. The van der Waals surface area contributed by atoms with E-state index in [1.54, 1.807) is 29.1 Å². The van der Waals surface area contributed by atoms with Crippen molar-refractivity contribution in [2.45, 2.75) is 19.4 Å². The van der Waals surface area contributed by atoms with Crippen LogP contribution in [0.5, 0.6) is 0 Å². The number of unbranched alkanes of at least 4 members (excludes halogenated alkanes) is 1. The smallest absolute Gasteiger partial charge is 0.262 e. The lowest BCUT2D eigenvalue weighted by molar-refractivity contribution is 0.594. The molecule has 4 nitrogen and oxygen atoms in total. The summed E-state index contributed by atoms with van der Waals surface area (Å²) in [5.41, 5.74) is 5.97. The Kier molecular flexibility index (Phi) is 5.59. The van der Waals surface area contributed by atoms with Crippen molar-refractivity contribution in [1.82, 2.24) is 9.55 Å². The lowest BCUT2D eigenvalue weighted by Crippen LogP contribution is -2.21. The average Bonchev–Trinajstić information content (AvgIpc) is 2.32. The first-order valence-electron chi connectivity index (χ1n) is 5.58. The van der Waals surface area contributed by atoms with Gasteiger partial charge in [0.25, 0.3) is 5.56 Å². The third kappa shape index (κ3) is 3.02. The molecule has 0 spiro atoms. The highest BCUT2D eigenvalue weighted by Crippen LogP contribution is 2.17. The first-order chi connectivity index (χ1) is 8.24. The number of rotatable bonds is 4. The number of benzene rings is 1. The van der Waals surface area contributed by atoms with E-state index in [1.807, 2.05) is 0 Å². The summed E-state index contributed by atoms with van der Waals surface area (Å²) in [6.07, 6.45) is 3.33. The molecule has 1 heterocycles. The Labute approximate surface area is 116 Å². The van der Waals surface area contributed by atoms with Crippen molar-refractivity contribution in [2.75, 3.05) is 6.54 Å². The zero-order chi connectivity index (χ0) is 12.3. The third-order valence-electron chi connectivity index (χ3n) is 2.66. The van der Waals surface area contributed by atoms with Crippen LogP contribution in [0.1, 0.15) is 12.8 Å². The van der Waals surface area contributed by atoms with E-state index in [0.717, 1.165) is 12.8 Å². The highest BCUT2D eigenvalue weighted by Gasteiger charge is 2.06. The number of fused-ring (bicyclic) bond motifs is 1. The molecule has 0 saturated carbocycles. The summed E-state index contributed by atoms with van der Waals surface area (Å²) in [5, 5.41) is 0.942. The molecule has 18 heavy (non-hydrogen) atoms. The van der Waals surface area contributed by atoms with Crippen LogP contribution in [0, 0.1) is 0 Å². The first-order valence-corrected chi connectivity index (χ1v) is 5.95. The van der Waals surface area contributed by atoms with E-state index in [4.69, 9.17) is 17.3 Å². The van der Waals surface area contributed by atoms with Gasteiger partial charge in [0.1, 0.15) is 0 Å². The maximum Gasteiger partial charge on any atom is 0.262 e. The van der Waals surface area contributed by atoms with Crippen molar-refractivity contribution < 1.29 is 0 Å². The number of aryl methyl sites for hydroxylation is 1. The van der Waals surface area contributed by atoms with Crippen LogP contribution in [0.2, 0.25) is 5.02 Å². The second-order valence-corrected chi connectivity index (χ2v) is 4.28. The third-order valence-corrected chi connectivity index (χ3v) is 2.97. The Balaban J connectivity index is 0.00000162. The maximum atomic E-state index is 12.2. The Morgan fingerprint density at radius 2 is 2.11 bits per heavy atom. The minimum Gasteiger partial charge on any atom is -0.330 e. The molecule has 0 radical (unpaired) electrons. The SMILES string of the molecule is Cl.NCCCCn1cnc2cccc(Cl)c2c1=O. The van der Waals surface area contributed by atoms with E-state index in [9.17, 15) is 4.79 Å². The summed E-state index contributed by atoms with van der Waals surface area (Å²) in [7, 11) is 0. The quantitative estimate of drug-likeness (QED) is 0.877. The van der Waals surface area contributed by atoms with Crippen LogP contribution in [0.3, 0.4) is 0 Å². The van der Waals surface area contributed by atoms with Crippen LogP contribution >= 0.6 is 24.0 Å². The van der Waals surface area contributed by atoms with Gasteiger partial charge in [0.2, 0.25) is 0 Å². The molecule has 0 atom stereocenters. The number of nitrogens with two attached hydrogens (primary N) is 1. The molecule has 6 heteroatoms. The van der Waals surface area contributed by atoms with E-state index in [-0.39, 0.29) is 18.0 Å². The fourth-order valence-corrected chi connectivity index (χ4v) is 2.00. The van der Waals surface area contributed by atoms with Crippen molar-refractivity contribution in [3.63, 3.8) is 0 Å². The van der Waals surface area contributed by atoms with Crippen LogP contribution in [0.15, 0.2) is 29.3 Å². The van der Waals surface area contributed by atoms with E-state index in [1.165, 1.54) is 0 Å². The lowest BCUT2D eigenvalue weighted by atomic mass is 10.2. The molecule has 2 aromatic rings. The van der Waals surface area contributed by atoms with Crippen molar-refractivity contribution in [3.8, 4) is 0 Å². The van der Waals surface area contributed by atoms with Gasteiger partial charge in [-0.05, 0) is 31.5 Å². The standard InChI is InChI=1S/C12H14ClN3O.ClH/c13-9-4-3-5-10-11(9)12(17)16(8-15-10)7-2-1-6-14;/h3-5,8H,1-2,6-7,14H2;1H. The topological polar surface area (TPSA) is 60.9 Å². The van der Waals surface area contributed by atoms with Crippen molar-refractivity contribution in [2.24, 2.45) is 5.73 Å². The van der Waals surface area contributed by atoms with Gasteiger partial charge in [-0.2, -0.15) is 0 Å². The Hall–Kier alpha value is -1.10. The molecule has 0 amide bonds. The van der Waals surface area contributed by atoms with Crippen molar-refractivity contribution >= 4 is 34.9 Å². The van der Waals surface area contributed by atoms with E-state index >= 15 is 0 Å². The lowest BCUT2D eigenvalue weighted by Gasteiger charge is -2.06. The number of hydrogen-bond donors (Lipinski definition) is 1. The molecule has 0 aliphatic heterocycles. The summed E-state index contributed by atoms with van der Waals surface area (Å²) >= 11 is 6.02. The van der Waals surface area contributed by atoms with Crippen LogP contribution in [-0.4, -0.2) is 16.1 Å². The van der Waals surface area contributed by atoms with Gasteiger partial charge < -0.3 is 5.73 Å². The monoisotopic (exact) mass is 287 g/mol. The fraction of sp³-hybridized carbons (Fsp3) is 0.333. The predicted molar refractivity (Wildman–Crippen MR) is 76.5 cm³/mol. The summed E-state index contributed by atoms with van der Waals surface area (Å²) < 4.78 is 1.59. The van der Waals surface area contributed by atoms with Gasteiger partial charge in [-0.25, -0.2) is 4.98 Å². The van der Waals surface area contributed by atoms with Crippen LogP contribution in [-0.2, 0) is 6.54 Å². The Bertz CT molecular complexity index is 583. The average molecular weight is 288 g/mol. The number of halogens is 2. The number of nitrogens with zero attached hydrogens (tertiary/aromatic N) is 2. The van der Waals surface area contributed by atoms with Crippen LogP contribution in [0.4, 0.5) is 0 Å². The Morgan fingerprint density at radius 3 is 2.83 bits per heavy atom. The van der Waals surface area contributed by atoms with Gasteiger partial charge >= 0.3 is 0 Å². The molecular formula is C12H15Cl2N3O. The fourth-order valence-electron chi connectivity index (χ4n) is 1.75. The highest BCUT2D eigenvalue weighted by molar-refractivity contribution is 6.35. The molecule has 0 fully saturated rings. The van der Waals surface area contributed by atoms with Gasteiger partial charge in [-0.15, -0.1) is 12.4 Å². The molecule has 2 rings (SSSR count). The molecule has 2 N–H and O–H groups in total. The number of aromatic nitrogens is 2. The molecule has 0 aliphatic rings. The van der Waals surface area contributed by atoms with Gasteiger partial charge in [0, 0.05) is 6.54 Å². The first kappa shape index (κ1) is 15.0. The molecule has 1 aromatic heterocycles. The second kappa shape index (κ2) is 6.73. The molecule has 1 aromatic carbocycles. The molecule has 0 unspecified atom stereocenters. The largest absolute Gasteiger partial charge is 0.330 e. The van der Waals surface area contributed by atoms with Crippen LogP contribution in [0.25, 0.3) is 10.9 Å². The minimum atomic E-state index is -0.0855. The van der Waals surface area contributed by atoms with E-state index < -0.39 is 0 Å². The van der Waals surface area contributed by atoms with Gasteiger partial charge in [-0.3, -0.25) is 9.36 Å². The summed E-state index contributed by atoms with van der Waals surface area (Å²) in [6.45, 7) is 1.26. The number of hydrogen-bond acceptors (Lipinski definition) is 3. The van der Waals surface area contributed by atoms with Gasteiger partial charge in [0.05, 0.1) is 22.3 Å².